The van der Waals surface area contributed by atoms with Crippen molar-refractivity contribution < 1.29 is 14.7 Å². The van der Waals surface area contributed by atoms with E-state index in [-0.39, 0.29) is 5.91 Å². The number of carbonyl (C=O) groups excluding carboxylic acids is 1. The minimum atomic E-state index is -1.08. The highest BCUT2D eigenvalue weighted by Crippen LogP contribution is 2.20. The molecule has 1 aliphatic rings. The molecule has 0 saturated carbocycles. The summed E-state index contributed by atoms with van der Waals surface area (Å²) < 4.78 is 0. The molecule has 2 rings (SSSR count). The van der Waals surface area contributed by atoms with Crippen molar-refractivity contribution in [2.45, 2.75) is 20.8 Å². The van der Waals surface area contributed by atoms with Gasteiger partial charge in [0, 0.05) is 18.8 Å². The molecule has 1 aromatic rings. The molecule has 1 aliphatic heterocycles. The van der Waals surface area contributed by atoms with E-state index in [1.807, 2.05) is 24.3 Å². The fourth-order valence-electron chi connectivity index (χ4n) is 2.51. The van der Waals surface area contributed by atoms with Gasteiger partial charge in [0.15, 0.2) is 0 Å². The van der Waals surface area contributed by atoms with E-state index in [4.69, 9.17) is 5.11 Å². The van der Waals surface area contributed by atoms with Crippen LogP contribution in [0.15, 0.2) is 34.9 Å². The maximum atomic E-state index is 12.2. The molecule has 0 spiro atoms. The lowest BCUT2D eigenvalue weighted by Gasteiger charge is -2.20. The smallest absolute Gasteiger partial charge is 0.325 e. The third-order valence-electron chi connectivity index (χ3n) is 3.74. The maximum Gasteiger partial charge on any atom is 0.325 e. The first-order chi connectivity index (χ1) is 11.0. The van der Waals surface area contributed by atoms with Gasteiger partial charge in [0.1, 0.15) is 6.54 Å². The van der Waals surface area contributed by atoms with Gasteiger partial charge in [-0.1, -0.05) is 12.1 Å². The second kappa shape index (κ2) is 7.09. The number of amides is 1. The molecule has 0 radical (unpaired) electrons. The molecule has 1 heterocycles. The Labute approximate surface area is 135 Å². The molecule has 122 valence electrons. The predicted octanol–water partition coefficient (Wildman–Crippen LogP) is 2.22. The highest BCUT2D eigenvalue weighted by Gasteiger charge is 2.28. The van der Waals surface area contributed by atoms with Crippen molar-refractivity contribution in [1.82, 2.24) is 5.01 Å². The van der Waals surface area contributed by atoms with E-state index >= 15 is 0 Å². The fraction of sp³-hybridized carbons (Fsp3) is 0.353. The number of anilines is 1. The van der Waals surface area contributed by atoms with E-state index in [9.17, 15) is 9.59 Å². The van der Waals surface area contributed by atoms with Crippen LogP contribution >= 0.6 is 0 Å². The van der Waals surface area contributed by atoms with Crippen LogP contribution in [-0.4, -0.2) is 47.3 Å². The highest BCUT2D eigenvalue weighted by atomic mass is 16.4. The summed E-state index contributed by atoms with van der Waals surface area (Å²) in [6.45, 7) is 7.36. The minimum Gasteiger partial charge on any atom is -0.480 e. The number of carboxylic acid groups (broad SMARTS) is 1. The van der Waals surface area contributed by atoms with Gasteiger partial charge in [-0.25, -0.2) is 5.01 Å². The molecule has 6 nitrogen and oxygen atoms in total. The van der Waals surface area contributed by atoms with Gasteiger partial charge < -0.3 is 10.0 Å². The zero-order valence-corrected chi connectivity index (χ0v) is 13.6. The number of carboxylic acids is 1. The van der Waals surface area contributed by atoms with Crippen LogP contribution in [0.4, 0.5) is 5.69 Å². The monoisotopic (exact) mass is 315 g/mol. The Kier molecular flexibility index (Phi) is 5.16. The Hall–Kier alpha value is -2.63. The van der Waals surface area contributed by atoms with Crippen LogP contribution in [0.2, 0.25) is 0 Å². The average molecular weight is 315 g/mol. The molecule has 0 bridgehead atoms. The maximum absolute atomic E-state index is 12.2. The highest BCUT2D eigenvalue weighted by molar-refractivity contribution is 6.26. The molecular formula is C17H21N3O3. The van der Waals surface area contributed by atoms with E-state index in [0.29, 0.717) is 11.3 Å². The normalized spacial score (nSPS) is 16.0. The standard InChI is InChI=1S/C17H21N3O3/c1-4-19(5-2)14-8-6-13(7-9-14)10-15-12(3)18-20(17(15)23)11-16(21)22/h6-10H,4-5,11H2,1-3H3,(H,21,22). The van der Waals surface area contributed by atoms with Gasteiger partial charge in [-0.15, -0.1) is 0 Å². The number of hydrogen-bond acceptors (Lipinski definition) is 4. The molecule has 6 heteroatoms. The molecule has 1 amide bonds. The molecule has 0 aromatic heterocycles. The first-order valence-corrected chi connectivity index (χ1v) is 7.62. The Morgan fingerprint density at radius 1 is 1.26 bits per heavy atom. The summed E-state index contributed by atoms with van der Waals surface area (Å²) in [6, 6.07) is 7.92. The van der Waals surface area contributed by atoms with Gasteiger partial charge in [0.2, 0.25) is 0 Å². The number of rotatable bonds is 6. The van der Waals surface area contributed by atoms with Crippen LogP contribution in [0.25, 0.3) is 6.08 Å². The van der Waals surface area contributed by atoms with Gasteiger partial charge in [0.25, 0.3) is 5.91 Å². The number of hydrogen-bond donors (Lipinski definition) is 1. The van der Waals surface area contributed by atoms with E-state index in [1.165, 1.54) is 0 Å². The van der Waals surface area contributed by atoms with Gasteiger partial charge >= 0.3 is 5.97 Å². The van der Waals surface area contributed by atoms with Crippen LogP contribution in [-0.2, 0) is 9.59 Å². The summed E-state index contributed by atoms with van der Waals surface area (Å²) in [6.07, 6.45) is 1.75. The summed E-state index contributed by atoms with van der Waals surface area (Å²) in [7, 11) is 0. The Bertz CT molecular complexity index is 658. The van der Waals surface area contributed by atoms with Crippen LogP contribution in [0.5, 0.6) is 0 Å². The van der Waals surface area contributed by atoms with E-state index in [0.717, 1.165) is 29.3 Å². The van der Waals surface area contributed by atoms with E-state index in [2.05, 4.69) is 23.8 Å². The predicted molar refractivity (Wildman–Crippen MR) is 90.4 cm³/mol. The quantitative estimate of drug-likeness (QED) is 0.817. The van der Waals surface area contributed by atoms with Crippen LogP contribution < -0.4 is 4.90 Å². The summed E-state index contributed by atoms with van der Waals surface area (Å²) in [4.78, 5) is 25.2. The van der Waals surface area contributed by atoms with Gasteiger partial charge in [0.05, 0.1) is 11.3 Å². The molecule has 0 saturated heterocycles. The van der Waals surface area contributed by atoms with Crippen molar-refractivity contribution >= 4 is 29.4 Å². The van der Waals surface area contributed by atoms with Crippen LogP contribution in [0, 0.1) is 0 Å². The van der Waals surface area contributed by atoms with Crippen molar-refractivity contribution in [2.24, 2.45) is 5.10 Å². The van der Waals surface area contributed by atoms with Crippen molar-refractivity contribution in [3.05, 3.63) is 35.4 Å². The first-order valence-electron chi connectivity index (χ1n) is 7.62. The average Bonchev–Trinajstić information content (AvgIpc) is 2.77. The third kappa shape index (κ3) is 3.77. The molecule has 0 atom stereocenters. The summed E-state index contributed by atoms with van der Waals surface area (Å²) in [5, 5.41) is 13.8. The van der Waals surface area contributed by atoms with E-state index in [1.54, 1.807) is 13.0 Å². The SMILES string of the molecule is CCN(CC)c1ccc(C=C2C(=O)N(CC(=O)O)N=C2C)cc1. The minimum absolute atomic E-state index is 0.377. The van der Waals surface area contributed by atoms with Gasteiger partial charge in [-0.3, -0.25) is 9.59 Å². The van der Waals surface area contributed by atoms with Crippen LogP contribution in [0.1, 0.15) is 26.3 Å². The largest absolute Gasteiger partial charge is 0.480 e. The Morgan fingerprint density at radius 3 is 2.39 bits per heavy atom. The Morgan fingerprint density at radius 2 is 1.87 bits per heavy atom. The number of benzene rings is 1. The summed E-state index contributed by atoms with van der Waals surface area (Å²) >= 11 is 0. The molecule has 23 heavy (non-hydrogen) atoms. The van der Waals surface area contributed by atoms with Crippen LogP contribution in [0.3, 0.4) is 0 Å². The number of hydrazone groups is 1. The molecule has 0 aliphatic carbocycles. The zero-order valence-electron chi connectivity index (χ0n) is 13.6. The molecule has 1 N–H and O–H groups in total. The number of nitrogens with zero attached hydrogens (tertiary/aromatic N) is 3. The summed E-state index contributed by atoms with van der Waals surface area (Å²) in [5.41, 5.74) is 2.98. The van der Waals surface area contributed by atoms with Gasteiger partial charge in [-0.05, 0) is 44.5 Å². The van der Waals surface area contributed by atoms with E-state index < -0.39 is 12.5 Å². The second-order valence-electron chi connectivity index (χ2n) is 5.26. The molecule has 0 unspecified atom stereocenters. The molecule has 0 fully saturated rings. The van der Waals surface area contributed by atoms with Crippen molar-refractivity contribution in [1.29, 1.82) is 0 Å². The lowest BCUT2D eigenvalue weighted by Crippen LogP contribution is -2.28. The summed E-state index contributed by atoms with van der Waals surface area (Å²) in [5.74, 6) is -1.46. The second-order valence-corrected chi connectivity index (χ2v) is 5.26. The lowest BCUT2D eigenvalue weighted by atomic mass is 10.1. The zero-order chi connectivity index (χ0) is 17.0. The van der Waals surface area contributed by atoms with Crippen molar-refractivity contribution in [3.8, 4) is 0 Å². The Balaban J connectivity index is 2.20. The van der Waals surface area contributed by atoms with Crippen molar-refractivity contribution in [3.63, 3.8) is 0 Å². The topological polar surface area (TPSA) is 73.2 Å². The molecular weight excluding hydrogens is 294 g/mol. The number of carbonyl (C=O) groups is 2. The molecule has 1 aromatic carbocycles. The fourth-order valence-corrected chi connectivity index (χ4v) is 2.51. The van der Waals surface area contributed by atoms with Gasteiger partial charge in [-0.2, -0.15) is 5.10 Å². The number of aliphatic carboxylic acids is 1. The van der Waals surface area contributed by atoms with Crippen molar-refractivity contribution in [2.75, 3.05) is 24.5 Å². The lowest BCUT2D eigenvalue weighted by molar-refractivity contribution is -0.142. The third-order valence-corrected chi connectivity index (χ3v) is 3.74. The first kappa shape index (κ1) is 16.7.